The van der Waals surface area contributed by atoms with Gasteiger partial charge in [-0.15, -0.1) is 0 Å². The van der Waals surface area contributed by atoms with E-state index in [1.165, 1.54) is 47.9 Å². The summed E-state index contributed by atoms with van der Waals surface area (Å²) in [7, 11) is -2.53. The molecule has 2 aromatic carbocycles. The number of amides is 1. The molecule has 0 aliphatic heterocycles. The Balaban J connectivity index is 1.97. The van der Waals surface area contributed by atoms with E-state index in [2.05, 4.69) is 15.0 Å². The number of methoxy groups -OCH3 is 1. The van der Waals surface area contributed by atoms with Crippen molar-refractivity contribution in [2.24, 2.45) is 0 Å². The highest BCUT2D eigenvalue weighted by molar-refractivity contribution is 7.89. The molecule has 3 aromatic rings. The third-order valence-corrected chi connectivity index (χ3v) is 6.98. The number of nitrogens with one attached hydrogen (secondary N) is 1. The van der Waals surface area contributed by atoms with Crippen LogP contribution < -0.4 is 10.1 Å². The number of ether oxygens (including phenoxy) is 2. The molecule has 0 spiro atoms. The molecular weight excluding hydrogens is 458 g/mol. The first-order valence-electron chi connectivity index (χ1n) is 10.5. The number of hydrogen-bond acceptors (Lipinski definition) is 7. The molecule has 1 amide bonds. The summed E-state index contributed by atoms with van der Waals surface area (Å²) in [4.78, 5) is 28.5. The van der Waals surface area contributed by atoms with Crippen molar-refractivity contribution < 1.29 is 27.5 Å². The molecule has 1 aromatic heterocycles. The number of carbonyl (C=O) groups is 2. The van der Waals surface area contributed by atoms with Crippen molar-refractivity contribution in [2.45, 2.75) is 18.7 Å². The molecule has 1 heterocycles. The van der Waals surface area contributed by atoms with Crippen LogP contribution in [0.25, 0.3) is 0 Å². The predicted molar refractivity (Wildman–Crippen MR) is 127 cm³/mol. The van der Waals surface area contributed by atoms with Gasteiger partial charge in [0.1, 0.15) is 11.4 Å². The van der Waals surface area contributed by atoms with Gasteiger partial charge in [0, 0.05) is 19.3 Å². The lowest BCUT2D eigenvalue weighted by Crippen LogP contribution is -2.30. The number of rotatable bonds is 9. The summed E-state index contributed by atoms with van der Waals surface area (Å²) in [5.74, 6) is -0.416. The number of aromatic nitrogens is 1. The predicted octanol–water partition coefficient (Wildman–Crippen LogP) is 3.94. The third-order valence-electron chi connectivity index (χ3n) is 4.93. The fraction of sp³-hybridized carbons (Fsp3) is 0.208. The molecule has 1 N–H and O–H groups in total. The maximum atomic E-state index is 13.0. The maximum absolute atomic E-state index is 13.0. The molecule has 0 fully saturated rings. The molecule has 0 bridgehead atoms. The van der Waals surface area contributed by atoms with Crippen molar-refractivity contribution in [3.63, 3.8) is 0 Å². The van der Waals surface area contributed by atoms with Gasteiger partial charge in [0.2, 0.25) is 10.0 Å². The number of esters is 1. The van der Waals surface area contributed by atoms with Gasteiger partial charge in [0.15, 0.2) is 5.75 Å². The van der Waals surface area contributed by atoms with Gasteiger partial charge < -0.3 is 14.8 Å². The fourth-order valence-corrected chi connectivity index (χ4v) is 4.62. The van der Waals surface area contributed by atoms with E-state index in [-0.39, 0.29) is 27.6 Å². The van der Waals surface area contributed by atoms with Crippen LogP contribution in [0.3, 0.4) is 0 Å². The average molecular weight is 484 g/mol. The van der Waals surface area contributed by atoms with Gasteiger partial charge in [-0.3, -0.25) is 9.78 Å². The second kappa shape index (κ2) is 10.9. The summed E-state index contributed by atoms with van der Waals surface area (Å²) in [6.07, 6.45) is 1.23. The van der Waals surface area contributed by atoms with Crippen molar-refractivity contribution in [2.75, 3.05) is 25.5 Å². The smallest absolute Gasteiger partial charge is 0.339 e. The second-order valence-electron chi connectivity index (χ2n) is 7.04. The molecule has 0 saturated heterocycles. The number of para-hydroxylation sites is 1. The van der Waals surface area contributed by atoms with E-state index in [1.54, 1.807) is 38.1 Å². The Labute approximate surface area is 198 Å². The van der Waals surface area contributed by atoms with E-state index in [4.69, 9.17) is 4.74 Å². The summed E-state index contributed by atoms with van der Waals surface area (Å²) in [5.41, 5.74) is 0.371. The Morgan fingerprint density at radius 2 is 1.71 bits per heavy atom. The van der Waals surface area contributed by atoms with Crippen molar-refractivity contribution in [1.29, 1.82) is 0 Å². The van der Waals surface area contributed by atoms with E-state index in [1.807, 2.05) is 6.07 Å². The van der Waals surface area contributed by atoms with Crippen LogP contribution in [0.15, 0.2) is 71.8 Å². The van der Waals surface area contributed by atoms with E-state index in [9.17, 15) is 18.0 Å². The molecule has 0 unspecified atom stereocenters. The lowest BCUT2D eigenvalue weighted by Gasteiger charge is -2.20. The molecule has 34 heavy (non-hydrogen) atoms. The quantitative estimate of drug-likeness (QED) is 0.458. The molecule has 0 atom stereocenters. The molecule has 0 saturated carbocycles. The van der Waals surface area contributed by atoms with Gasteiger partial charge in [0.25, 0.3) is 5.91 Å². The molecule has 0 aliphatic carbocycles. The SMILES string of the molecule is CCN(CC)S(=O)(=O)c1ccc(Oc2ccccc2)c(NC(=O)c2ccc(C(=O)OC)cn2)c1. The summed E-state index contributed by atoms with van der Waals surface area (Å²) in [6, 6.07) is 16.0. The van der Waals surface area contributed by atoms with Gasteiger partial charge in [-0.25, -0.2) is 13.2 Å². The summed E-state index contributed by atoms with van der Waals surface area (Å²) >= 11 is 0. The minimum Gasteiger partial charge on any atom is -0.465 e. The number of hydrogen-bond donors (Lipinski definition) is 1. The monoisotopic (exact) mass is 483 g/mol. The van der Waals surface area contributed by atoms with Crippen LogP contribution in [0.4, 0.5) is 5.69 Å². The summed E-state index contributed by atoms with van der Waals surface area (Å²) in [6.45, 7) is 4.11. The van der Waals surface area contributed by atoms with Crippen LogP contribution in [-0.4, -0.2) is 49.8 Å². The van der Waals surface area contributed by atoms with Crippen LogP contribution in [0.2, 0.25) is 0 Å². The van der Waals surface area contributed by atoms with Crippen molar-refractivity contribution >= 4 is 27.6 Å². The third kappa shape index (κ3) is 5.59. The highest BCUT2D eigenvalue weighted by Gasteiger charge is 2.24. The number of anilines is 1. The normalized spacial score (nSPS) is 11.2. The van der Waals surface area contributed by atoms with Gasteiger partial charge in [-0.1, -0.05) is 32.0 Å². The van der Waals surface area contributed by atoms with E-state index < -0.39 is 21.9 Å². The first-order chi connectivity index (χ1) is 16.3. The Hall–Kier alpha value is -3.76. The lowest BCUT2D eigenvalue weighted by molar-refractivity contribution is 0.0600. The van der Waals surface area contributed by atoms with Crippen LogP contribution in [0.5, 0.6) is 11.5 Å². The minimum atomic E-state index is -3.77. The van der Waals surface area contributed by atoms with E-state index >= 15 is 0 Å². The highest BCUT2D eigenvalue weighted by Crippen LogP contribution is 2.33. The zero-order chi connectivity index (χ0) is 24.7. The summed E-state index contributed by atoms with van der Waals surface area (Å²) in [5, 5.41) is 2.67. The first-order valence-corrected chi connectivity index (χ1v) is 12.0. The Bertz CT molecular complexity index is 1260. The molecule has 0 aliphatic rings. The van der Waals surface area contributed by atoms with Crippen LogP contribution >= 0.6 is 0 Å². The Morgan fingerprint density at radius 3 is 2.29 bits per heavy atom. The Kier molecular flexibility index (Phi) is 7.98. The average Bonchev–Trinajstić information content (AvgIpc) is 2.85. The lowest BCUT2D eigenvalue weighted by atomic mass is 10.2. The molecule has 3 rings (SSSR count). The standard InChI is InChI=1S/C24H25N3O6S/c1-4-27(5-2)34(30,31)19-12-14-22(33-18-9-7-6-8-10-18)21(15-19)26-23(28)20-13-11-17(16-25-20)24(29)32-3/h6-16H,4-5H2,1-3H3,(H,26,28). The Morgan fingerprint density at radius 1 is 1.00 bits per heavy atom. The van der Waals surface area contributed by atoms with Gasteiger partial charge in [-0.05, 0) is 42.5 Å². The maximum Gasteiger partial charge on any atom is 0.339 e. The van der Waals surface area contributed by atoms with E-state index in [0.29, 0.717) is 18.8 Å². The number of nitrogens with zero attached hydrogens (tertiary/aromatic N) is 2. The molecular formula is C24H25N3O6S. The largest absolute Gasteiger partial charge is 0.465 e. The zero-order valence-corrected chi connectivity index (χ0v) is 19.8. The van der Waals surface area contributed by atoms with Crippen LogP contribution in [-0.2, 0) is 14.8 Å². The second-order valence-corrected chi connectivity index (χ2v) is 8.98. The van der Waals surface area contributed by atoms with Crippen molar-refractivity contribution in [1.82, 2.24) is 9.29 Å². The number of sulfonamides is 1. The summed E-state index contributed by atoms with van der Waals surface area (Å²) < 4.78 is 37.9. The van der Waals surface area contributed by atoms with Gasteiger partial charge in [-0.2, -0.15) is 4.31 Å². The number of benzene rings is 2. The number of carbonyl (C=O) groups excluding carboxylic acids is 2. The zero-order valence-electron chi connectivity index (χ0n) is 19.0. The topological polar surface area (TPSA) is 115 Å². The number of pyridine rings is 1. The molecule has 178 valence electrons. The molecule has 0 radical (unpaired) electrons. The van der Waals surface area contributed by atoms with Gasteiger partial charge >= 0.3 is 5.97 Å². The van der Waals surface area contributed by atoms with Crippen molar-refractivity contribution in [3.05, 3.63) is 78.1 Å². The fourth-order valence-electron chi connectivity index (χ4n) is 3.14. The van der Waals surface area contributed by atoms with E-state index in [0.717, 1.165) is 0 Å². The van der Waals surface area contributed by atoms with Crippen LogP contribution in [0, 0.1) is 0 Å². The van der Waals surface area contributed by atoms with Crippen molar-refractivity contribution in [3.8, 4) is 11.5 Å². The molecule has 10 heteroatoms. The first kappa shape index (κ1) is 24.9. The minimum absolute atomic E-state index is 0.0147. The highest BCUT2D eigenvalue weighted by atomic mass is 32.2. The molecule has 9 nitrogen and oxygen atoms in total. The van der Waals surface area contributed by atoms with Gasteiger partial charge in [0.05, 0.1) is 23.3 Å². The van der Waals surface area contributed by atoms with Crippen LogP contribution in [0.1, 0.15) is 34.7 Å².